The van der Waals surface area contributed by atoms with Crippen molar-refractivity contribution in [2.45, 2.75) is 56.7 Å². The van der Waals surface area contributed by atoms with Gasteiger partial charge in [0.25, 0.3) is 0 Å². The Hall–Kier alpha value is -0.810. The lowest BCUT2D eigenvalue weighted by molar-refractivity contribution is 0.0833. The maximum atomic E-state index is 12.4. The first kappa shape index (κ1) is 13.2. The van der Waals surface area contributed by atoms with Crippen LogP contribution < -0.4 is 5.32 Å². The maximum absolute atomic E-state index is 12.4. The van der Waals surface area contributed by atoms with Crippen molar-refractivity contribution in [2.24, 2.45) is 5.92 Å². The SMILES string of the molecule is O=C(NC1CCOC1)N1CCCC1C1CCCC1O. The van der Waals surface area contributed by atoms with E-state index in [-0.39, 0.29) is 30.1 Å². The molecule has 3 fully saturated rings. The first-order valence-corrected chi connectivity index (χ1v) is 7.58. The Bertz CT molecular complexity index is 331. The van der Waals surface area contributed by atoms with E-state index in [1.807, 2.05) is 4.90 Å². The Kier molecular flexibility index (Phi) is 3.93. The second-order valence-corrected chi connectivity index (χ2v) is 6.08. The second-order valence-electron chi connectivity index (χ2n) is 6.08. The zero-order valence-corrected chi connectivity index (χ0v) is 11.4. The molecule has 0 radical (unpaired) electrons. The maximum Gasteiger partial charge on any atom is 0.317 e. The van der Waals surface area contributed by atoms with E-state index >= 15 is 0 Å². The van der Waals surface area contributed by atoms with Crippen molar-refractivity contribution >= 4 is 6.03 Å². The van der Waals surface area contributed by atoms with Gasteiger partial charge in [-0.3, -0.25) is 0 Å². The van der Waals surface area contributed by atoms with Crippen LogP contribution in [0.2, 0.25) is 0 Å². The standard InChI is InChI=1S/C14H24N2O3/c17-13-5-1-3-11(13)12-4-2-7-16(12)14(18)15-10-6-8-19-9-10/h10-13,17H,1-9H2,(H,15,18). The van der Waals surface area contributed by atoms with Gasteiger partial charge in [-0.25, -0.2) is 4.79 Å². The van der Waals surface area contributed by atoms with E-state index in [0.29, 0.717) is 6.61 Å². The number of nitrogens with zero attached hydrogens (tertiary/aromatic N) is 1. The van der Waals surface area contributed by atoms with Crippen molar-refractivity contribution in [1.82, 2.24) is 10.2 Å². The molecule has 4 unspecified atom stereocenters. The Balaban J connectivity index is 1.60. The minimum Gasteiger partial charge on any atom is -0.393 e. The number of aliphatic hydroxyl groups excluding tert-OH is 1. The number of aliphatic hydroxyl groups is 1. The van der Waals surface area contributed by atoms with Crippen LogP contribution in [-0.2, 0) is 4.74 Å². The van der Waals surface area contributed by atoms with Crippen molar-refractivity contribution in [1.29, 1.82) is 0 Å². The molecular formula is C14H24N2O3. The summed E-state index contributed by atoms with van der Waals surface area (Å²) in [4.78, 5) is 14.3. The van der Waals surface area contributed by atoms with Crippen molar-refractivity contribution in [3.8, 4) is 0 Å². The van der Waals surface area contributed by atoms with Gasteiger partial charge in [0, 0.05) is 25.1 Å². The van der Waals surface area contributed by atoms with Gasteiger partial charge in [-0.15, -0.1) is 0 Å². The number of nitrogens with one attached hydrogen (secondary N) is 1. The van der Waals surface area contributed by atoms with Gasteiger partial charge in [0.2, 0.25) is 0 Å². The number of ether oxygens (including phenoxy) is 1. The first-order valence-electron chi connectivity index (χ1n) is 7.58. The average Bonchev–Trinajstić information content (AvgIpc) is 3.07. The fourth-order valence-electron chi connectivity index (χ4n) is 3.81. The Morgan fingerprint density at radius 1 is 1.21 bits per heavy atom. The molecule has 2 saturated heterocycles. The third-order valence-corrected chi connectivity index (χ3v) is 4.84. The van der Waals surface area contributed by atoms with Gasteiger partial charge < -0.3 is 20.1 Å². The van der Waals surface area contributed by atoms with Gasteiger partial charge in [-0.05, 0) is 32.1 Å². The van der Waals surface area contributed by atoms with E-state index in [0.717, 1.165) is 51.7 Å². The second kappa shape index (κ2) is 5.67. The molecule has 5 nitrogen and oxygen atoms in total. The van der Waals surface area contributed by atoms with Gasteiger partial charge in [-0.1, -0.05) is 6.42 Å². The van der Waals surface area contributed by atoms with Gasteiger partial charge in [0.15, 0.2) is 0 Å². The number of rotatable bonds is 2. The number of carbonyl (C=O) groups excluding carboxylic acids is 1. The van der Waals surface area contributed by atoms with E-state index in [4.69, 9.17) is 4.74 Å². The summed E-state index contributed by atoms with van der Waals surface area (Å²) in [5.74, 6) is 0.285. The fraction of sp³-hybridized carbons (Fsp3) is 0.929. The molecule has 2 amide bonds. The summed E-state index contributed by atoms with van der Waals surface area (Å²) < 4.78 is 5.29. The van der Waals surface area contributed by atoms with Crippen LogP contribution in [0.5, 0.6) is 0 Å². The molecule has 2 aliphatic heterocycles. The molecule has 2 heterocycles. The third kappa shape index (κ3) is 2.72. The van der Waals surface area contributed by atoms with Crippen LogP contribution in [-0.4, -0.2) is 54.0 Å². The molecule has 3 aliphatic rings. The van der Waals surface area contributed by atoms with Crippen molar-refractivity contribution in [3.05, 3.63) is 0 Å². The summed E-state index contributed by atoms with van der Waals surface area (Å²) in [6.45, 7) is 2.21. The number of hydrogen-bond donors (Lipinski definition) is 2. The van der Waals surface area contributed by atoms with Crippen LogP contribution in [0, 0.1) is 5.92 Å². The lowest BCUT2D eigenvalue weighted by Crippen LogP contribution is -2.50. The third-order valence-electron chi connectivity index (χ3n) is 4.84. The van der Waals surface area contributed by atoms with E-state index in [1.165, 1.54) is 0 Å². The minimum absolute atomic E-state index is 0.0390. The molecule has 0 aromatic carbocycles. The zero-order chi connectivity index (χ0) is 13.2. The number of hydrogen-bond acceptors (Lipinski definition) is 3. The summed E-state index contributed by atoms with van der Waals surface area (Å²) >= 11 is 0. The molecule has 1 saturated carbocycles. The van der Waals surface area contributed by atoms with E-state index in [9.17, 15) is 9.90 Å². The predicted octanol–water partition coefficient (Wildman–Crippen LogP) is 1.11. The normalized spacial score (nSPS) is 38.9. The topological polar surface area (TPSA) is 61.8 Å². The molecule has 19 heavy (non-hydrogen) atoms. The smallest absolute Gasteiger partial charge is 0.317 e. The molecule has 0 spiro atoms. The lowest BCUT2D eigenvalue weighted by atomic mass is 9.94. The molecule has 108 valence electrons. The molecule has 0 aromatic rings. The summed E-state index contributed by atoms with van der Waals surface area (Å²) in [6, 6.07) is 0.444. The van der Waals surface area contributed by atoms with Gasteiger partial charge in [-0.2, -0.15) is 0 Å². The summed E-state index contributed by atoms with van der Waals surface area (Å²) in [6.07, 6.45) is 5.84. The molecular weight excluding hydrogens is 244 g/mol. The first-order chi connectivity index (χ1) is 9.25. The molecule has 0 bridgehead atoms. The van der Waals surface area contributed by atoms with Gasteiger partial charge >= 0.3 is 6.03 Å². The van der Waals surface area contributed by atoms with E-state index in [1.54, 1.807) is 0 Å². The van der Waals surface area contributed by atoms with Crippen molar-refractivity contribution in [2.75, 3.05) is 19.8 Å². The highest BCUT2D eigenvalue weighted by atomic mass is 16.5. The predicted molar refractivity (Wildman–Crippen MR) is 70.8 cm³/mol. The molecule has 2 N–H and O–H groups in total. The highest BCUT2D eigenvalue weighted by molar-refractivity contribution is 5.75. The number of amides is 2. The highest BCUT2D eigenvalue weighted by Crippen LogP contribution is 2.35. The van der Waals surface area contributed by atoms with Crippen LogP contribution >= 0.6 is 0 Å². The van der Waals surface area contributed by atoms with Crippen LogP contribution in [0.4, 0.5) is 4.79 Å². The van der Waals surface area contributed by atoms with Gasteiger partial charge in [0.1, 0.15) is 0 Å². The fourth-order valence-corrected chi connectivity index (χ4v) is 3.81. The Labute approximate surface area is 114 Å². The molecule has 3 rings (SSSR count). The van der Waals surface area contributed by atoms with Crippen molar-refractivity contribution < 1.29 is 14.6 Å². The molecule has 0 aromatic heterocycles. The largest absolute Gasteiger partial charge is 0.393 e. The Morgan fingerprint density at radius 2 is 2.11 bits per heavy atom. The van der Waals surface area contributed by atoms with Crippen molar-refractivity contribution in [3.63, 3.8) is 0 Å². The molecule has 4 atom stereocenters. The van der Waals surface area contributed by atoms with E-state index < -0.39 is 0 Å². The molecule has 1 aliphatic carbocycles. The average molecular weight is 268 g/mol. The number of likely N-dealkylation sites (tertiary alicyclic amines) is 1. The highest BCUT2D eigenvalue weighted by Gasteiger charge is 2.40. The summed E-state index contributed by atoms with van der Waals surface area (Å²) in [7, 11) is 0. The van der Waals surface area contributed by atoms with Crippen LogP contribution in [0.1, 0.15) is 38.5 Å². The zero-order valence-electron chi connectivity index (χ0n) is 11.4. The lowest BCUT2D eigenvalue weighted by Gasteiger charge is -2.32. The summed E-state index contributed by atoms with van der Waals surface area (Å²) in [5, 5.41) is 13.1. The number of carbonyl (C=O) groups is 1. The quantitative estimate of drug-likeness (QED) is 0.788. The van der Waals surface area contributed by atoms with Crippen LogP contribution in [0.15, 0.2) is 0 Å². The summed E-state index contributed by atoms with van der Waals surface area (Å²) in [5.41, 5.74) is 0. The number of urea groups is 1. The van der Waals surface area contributed by atoms with Gasteiger partial charge in [0.05, 0.1) is 18.8 Å². The molecule has 5 heteroatoms. The minimum atomic E-state index is -0.215. The van der Waals surface area contributed by atoms with Crippen LogP contribution in [0.3, 0.4) is 0 Å². The van der Waals surface area contributed by atoms with E-state index in [2.05, 4.69) is 5.32 Å². The Morgan fingerprint density at radius 3 is 2.79 bits per heavy atom. The van der Waals surface area contributed by atoms with Crippen LogP contribution in [0.25, 0.3) is 0 Å². The monoisotopic (exact) mass is 268 g/mol.